The van der Waals surface area contributed by atoms with Crippen molar-refractivity contribution in [2.24, 2.45) is 0 Å². The molecule has 6 heteroatoms. The number of amides is 1. The molecule has 2 saturated heterocycles. The Morgan fingerprint density at radius 2 is 2.05 bits per heavy atom. The van der Waals surface area contributed by atoms with Crippen LogP contribution in [0.2, 0.25) is 0 Å². The van der Waals surface area contributed by atoms with Gasteiger partial charge >= 0.3 is 0 Å². The third-order valence-electron chi connectivity index (χ3n) is 4.16. The lowest BCUT2D eigenvalue weighted by Gasteiger charge is -2.37. The molecule has 0 aromatic heterocycles. The summed E-state index contributed by atoms with van der Waals surface area (Å²) in [6, 6.07) is 2.48. The summed E-state index contributed by atoms with van der Waals surface area (Å²) in [6.07, 6.45) is 2.24. The van der Waals surface area contributed by atoms with E-state index in [9.17, 15) is 19.4 Å². The van der Waals surface area contributed by atoms with Crippen LogP contribution in [0, 0.1) is 5.82 Å². The van der Waals surface area contributed by atoms with Crippen molar-refractivity contribution in [3.05, 3.63) is 23.5 Å². The zero-order valence-corrected chi connectivity index (χ0v) is 11.0. The highest BCUT2D eigenvalue weighted by molar-refractivity contribution is 5.95. The molecule has 1 aromatic rings. The van der Waals surface area contributed by atoms with Gasteiger partial charge in [0.05, 0.1) is 0 Å². The first-order valence-electron chi connectivity index (χ1n) is 6.81. The monoisotopic (exact) mass is 280 g/mol. The maximum Gasteiger partial charge on any atom is 0.254 e. The Morgan fingerprint density at radius 3 is 2.80 bits per heavy atom. The summed E-state index contributed by atoms with van der Waals surface area (Å²) >= 11 is 0. The molecule has 0 radical (unpaired) electrons. The van der Waals surface area contributed by atoms with Crippen molar-refractivity contribution < 1.29 is 19.4 Å². The number of piperazine rings is 1. The molecule has 1 amide bonds. The van der Waals surface area contributed by atoms with Gasteiger partial charge in [-0.25, -0.2) is 4.39 Å². The van der Waals surface area contributed by atoms with E-state index in [0.717, 1.165) is 38.1 Å². The van der Waals surface area contributed by atoms with E-state index in [0.29, 0.717) is 19.1 Å². The van der Waals surface area contributed by atoms with Crippen molar-refractivity contribution in [1.82, 2.24) is 9.80 Å². The number of hydrogen-bond acceptors (Lipinski definition) is 4. The van der Waals surface area contributed by atoms with Crippen LogP contribution in [0.5, 0.6) is 11.5 Å². The van der Waals surface area contributed by atoms with Gasteiger partial charge in [-0.1, -0.05) is 0 Å². The average Bonchev–Trinajstić information content (AvgIpc) is 2.90. The van der Waals surface area contributed by atoms with Crippen LogP contribution in [0.15, 0.2) is 12.1 Å². The minimum absolute atomic E-state index is 0.0734. The van der Waals surface area contributed by atoms with Gasteiger partial charge in [-0.3, -0.25) is 9.69 Å². The van der Waals surface area contributed by atoms with Crippen LogP contribution in [0.4, 0.5) is 4.39 Å². The first-order valence-corrected chi connectivity index (χ1v) is 6.81. The highest BCUT2D eigenvalue weighted by Gasteiger charge is 2.33. The number of phenols is 2. The summed E-state index contributed by atoms with van der Waals surface area (Å²) in [4.78, 5) is 16.4. The third kappa shape index (κ3) is 2.20. The highest BCUT2D eigenvalue weighted by atomic mass is 19.1. The lowest BCUT2D eigenvalue weighted by molar-refractivity contribution is 0.0570. The van der Waals surface area contributed by atoms with Crippen molar-refractivity contribution in [2.75, 3.05) is 26.2 Å². The van der Waals surface area contributed by atoms with Crippen molar-refractivity contribution in [3.8, 4) is 11.5 Å². The van der Waals surface area contributed by atoms with Gasteiger partial charge in [0.2, 0.25) is 0 Å². The van der Waals surface area contributed by atoms with E-state index in [1.54, 1.807) is 4.90 Å². The van der Waals surface area contributed by atoms with Crippen LogP contribution in [0.25, 0.3) is 0 Å². The second-order valence-corrected chi connectivity index (χ2v) is 5.41. The van der Waals surface area contributed by atoms with Crippen LogP contribution in [0.3, 0.4) is 0 Å². The van der Waals surface area contributed by atoms with Crippen LogP contribution in [0.1, 0.15) is 23.2 Å². The van der Waals surface area contributed by atoms with Gasteiger partial charge in [0.15, 0.2) is 17.3 Å². The molecule has 0 spiro atoms. The van der Waals surface area contributed by atoms with Crippen molar-refractivity contribution >= 4 is 5.91 Å². The lowest BCUT2D eigenvalue weighted by atomic mass is 10.1. The topological polar surface area (TPSA) is 64.0 Å². The fourth-order valence-corrected chi connectivity index (χ4v) is 3.07. The number of rotatable bonds is 1. The quantitative estimate of drug-likeness (QED) is 0.758. The van der Waals surface area contributed by atoms with Crippen LogP contribution >= 0.6 is 0 Å². The number of fused-ring (bicyclic) bond motifs is 1. The number of phenolic OH excluding ortho intramolecular Hbond substituents is 2. The molecule has 2 fully saturated rings. The molecule has 0 bridgehead atoms. The Morgan fingerprint density at radius 1 is 1.25 bits per heavy atom. The Bertz CT molecular complexity index is 526. The molecule has 2 aliphatic heterocycles. The van der Waals surface area contributed by atoms with Crippen molar-refractivity contribution in [1.29, 1.82) is 0 Å². The predicted molar refractivity (Wildman–Crippen MR) is 70.2 cm³/mol. The van der Waals surface area contributed by atoms with Gasteiger partial charge in [0.1, 0.15) is 0 Å². The summed E-state index contributed by atoms with van der Waals surface area (Å²) in [5.74, 6) is -2.70. The average molecular weight is 280 g/mol. The molecule has 0 unspecified atom stereocenters. The summed E-state index contributed by atoms with van der Waals surface area (Å²) in [6.45, 7) is 3.17. The van der Waals surface area contributed by atoms with E-state index in [1.165, 1.54) is 0 Å². The minimum Gasteiger partial charge on any atom is -0.504 e. The second kappa shape index (κ2) is 4.94. The third-order valence-corrected chi connectivity index (χ3v) is 4.16. The van der Waals surface area contributed by atoms with Crippen LogP contribution < -0.4 is 0 Å². The maximum atomic E-state index is 13.4. The molecule has 3 rings (SSSR count). The summed E-state index contributed by atoms with van der Waals surface area (Å²) in [7, 11) is 0. The number of hydrogen-bond donors (Lipinski definition) is 2. The van der Waals surface area contributed by atoms with Crippen molar-refractivity contribution in [3.63, 3.8) is 0 Å². The molecule has 2 heterocycles. The fourth-order valence-electron chi connectivity index (χ4n) is 3.07. The van der Waals surface area contributed by atoms with E-state index < -0.39 is 17.3 Å². The first kappa shape index (κ1) is 13.2. The van der Waals surface area contributed by atoms with Crippen LogP contribution in [-0.4, -0.2) is 58.1 Å². The standard InChI is InChI=1S/C14H17FN2O3/c15-11-6-9(7-12(18)13(11)19)14(20)17-5-4-16-3-1-2-10(16)8-17/h6-7,10,18-19H,1-5,8H2/t10-/m0/s1. The molecule has 2 N–H and O–H groups in total. The van der Waals surface area contributed by atoms with Crippen LogP contribution in [-0.2, 0) is 0 Å². The molecule has 20 heavy (non-hydrogen) atoms. The lowest BCUT2D eigenvalue weighted by Crippen LogP contribution is -2.52. The molecule has 5 nitrogen and oxygen atoms in total. The molecular formula is C14H17FN2O3. The number of nitrogens with zero attached hydrogens (tertiary/aromatic N) is 2. The Balaban J connectivity index is 1.79. The van der Waals surface area contributed by atoms with Gasteiger partial charge < -0.3 is 15.1 Å². The number of carbonyl (C=O) groups excluding carboxylic acids is 1. The summed E-state index contributed by atoms with van der Waals surface area (Å²) in [5.41, 5.74) is 0.0734. The van der Waals surface area contributed by atoms with E-state index >= 15 is 0 Å². The van der Waals surface area contributed by atoms with E-state index in [2.05, 4.69) is 4.90 Å². The largest absolute Gasteiger partial charge is 0.504 e. The van der Waals surface area contributed by atoms with Crippen molar-refractivity contribution in [2.45, 2.75) is 18.9 Å². The maximum absolute atomic E-state index is 13.4. The van der Waals surface area contributed by atoms with Gasteiger partial charge in [-0.15, -0.1) is 0 Å². The molecule has 2 aliphatic rings. The second-order valence-electron chi connectivity index (χ2n) is 5.41. The van der Waals surface area contributed by atoms with Gasteiger partial charge in [0.25, 0.3) is 5.91 Å². The summed E-state index contributed by atoms with van der Waals surface area (Å²) in [5, 5.41) is 18.6. The number of benzene rings is 1. The molecule has 1 atom stereocenters. The fraction of sp³-hybridized carbons (Fsp3) is 0.500. The SMILES string of the molecule is O=C(c1cc(O)c(O)c(F)c1)N1CCN2CCC[C@H]2C1. The van der Waals surface area contributed by atoms with Gasteiger partial charge in [0, 0.05) is 31.2 Å². The Kier molecular flexibility index (Phi) is 3.25. The highest BCUT2D eigenvalue weighted by Crippen LogP contribution is 2.30. The number of halogens is 1. The predicted octanol–water partition coefficient (Wildman–Crippen LogP) is 1.16. The Labute approximate surface area is 116 Å². The summed E-state index contributed by atoms with van der Waals surface area (Å²) < 4.78 is 13.4. The molecule has 0 aliphatic carbocycles. The normalized spacial score (nSPS) is 22.9. The zero-order valence-electron chi connectivity index (χ0n) is 11.0. The molecule has 0 saturated carbocycles. The van der Waals surface area contributed by atoms with E-state index in [-0.39, 0.29) is 11.5 Å². The zero-order chi connectivity index (χ0) is 14.3. The molecule has 1 aromatic carbocycles. The number of aromatic hydroxyl groups is 2. The van der Waals surface area contributed by atoms with Gasteiger partial charge in [-0.05, 0) is 31.5 Å². The smallest absolute Gasteiger partial charge is 0.254 e. The Hall–Kier alpha value is -1.82. The van der Waals surface area contributed by atoms with Gasteiger partial charge in [-0.2, -0.15) is 0 Å². The molecule has 108 valence electrons. The minimum atomic E-state index is -0.979. The molecular weight excluding hydrogens is 263 g/mol. The first-order chi connectivity index (χ1) is 9.56. The van der Waals surface area contributed by atoms with E-state index in [4.69, 9.17) is 0 Å². The van der Waals surface area contributed by atoms with E-state index in [1.807, 2.05) is 0 Å². The number of carbonyl (C=O) groups is 1.